The fourth-order valence-corrected chi connectivity index (χ4v) is 2.75. The summed E-state index contributed by atoms with van der Waals surface area (Å²) < 4.78 is 33.6. The quantitative estimate of drug-likeness (QED) is 0.469. The first-order valence-electron chi connectivity index (χ1n) is 8.54. The maximum absolute atomic E-state index is 10.6. The van der Waals surface area contributed by atoms with E-state index in [4.69, 9.17) is 9.90 Å². The molecule has 3 heterocycles. The molecule has 3 aromatic heterocycles. The van der Waals surface area contributed by atoms with E-state index in [-0.39, 0.29) is 6.61 Å². The SMILES string of the molecule is Cc1cc(CO)ccc1-n1cc(-c2ncnc3[nH]ccc23)cn1.O=C(O)C(F)(F)F. The lowest BCUT2D eigenvalue weighted by atomic mass is 10.1. The molecule has 0 fully saturated rings. The third-order valence-electron chi connectivity index (χ3n) is 4.14. The topological polar surface area (TPSA) is 117 Å². The second-order valence-corrected chi connectivity index (χ2v) is 6.22. The number of benzene rings is 1. The van der Waals surface area contributed by atoms with Crippen molar-refractivity contribution in [3.8, 4) is 16.9 Å². The lowest BCUT2D eigenvalue weighted by Crippen LogP contribution is -2.21. The zero-order valence-electron chi connectivity index (χ0n) is 15.6. The van der Waals surface area contributed by atoms with Crippen molar-refractivity contribution in [3.05, 3.63) is 60.3 Å². The maximum Gasteiger partial charge on any atom is 0.490 e. The first kappa shape index (κ1) is 21.0. The van der Waals surface area contributed by atoms with Crippen LogP contribution in [0.2, 0.25) is 0 Å². The highest BCUT2D eigenvalue weighted by atomic mass is 19.4. The molecule has 0 aliphatic heterocycles. The predicted molar refractivity (Wildman–Crippen MR) is 101 cm³/mol. The van der Waals surface area contributed by atoms with Gasteiger partial charge in [0.2, 0.25) is 0 Å². The van der Waals surface area contributed by atoms with Crippen molar-refractivity contribution in [2.24, 2.45) is 0 Å². The number of aliphatic hydroxyl groups excluding tert-OH is 1. The fourth-order valence-electron chi connectivity index (χ4n) is 2.75. The lowest BCUT2D eigenvalue weighted by Gasteiger charge is -2.07. The van der Waals surface area contributed by atoms with E-state index in [9.17, 15) is 18.3 Å². The summed E-state index contributed by atoms with van der Waals surface area (Å²) in [5.41, 5.74) is 5.53. The van der Waals surface area contributed by atoms with Gasteiger partial charge in [-0.15, -0.1) is 0 Å². The molecule has 0 amide bonds. The third-order valence-corrected chi connectivity index (χ3v) is 4.14. The van der Waals surface area contributed by atoms with Gasteiger partial charge in [-0.25, -0.2) is 19.4 Å². The number of aliphatic hydroxyl groups is 1. The monoisotopic (exact) mass is 419 g/mol. The number of nitrogens with one attached hydrogen (secondary N) is 1. The number of rotatable bonds is 3. The van der Waals surface area contributed by atoms with Gasteiger partial charge in [0.1, 0.15) is 12.0 Å². The summed E-state index contributed by atoms with van der Waals surface area (Å²) in [5.74, 6) is -2.76. The van der Waals surface area contributed by atoms with E-state index in [0.717, 1.165) is 39.1 Å². The van der Waals surface area contributed by atoms with Crippen LogP contribution in [0.15, 0.2) is 49.2 Å². The molecule has 0 aliphatic carbocycles. The smallest absolute Gasteiger partial charge is 0.475 e. The number of aliphatic carboxylic acids is 1. The Morgan fingerprint density at radius 2 is 1.97 bits per heavy atom. The molecule has 8 nitrogen and oxygen atoms in total. The predicted octanol–water partition coefficient (Wildman–Crippen LogP) is 3.24. The summed E-state index contributed by atoms with van der Waals surface area (Å²) in [7, 11) is 0. The number of hydrogen-bond acceptors (Lipinski definition) is 5. The average Bonchev–Trinajstić information content (AvgIpc) is 3.37. The number of hydrogen-bond donors (Lipinski definition) is 3. The Balaban J connectivity index is 0.000000318. The zero-order chi connectivity index (χ0) is 21.9. The molecule has 0 saturated carbocycles. The fraction of sp³-hybridized carbons (Fsp3) is 0.158. The molecule has 1 aromatic carbocycles. The number of halogens is 3. The van der Waals surface area contributed by atoms with Crippen molar-refractivity contribution in [2.45, 2.75) is 19.7 Å². The van der Waals surface area contributed by atoms with Gasteiger partial charge in [0, 0.05) is 23.3 Å². The van der Waals surface area contributed by atoms with Crippen LogP contribution in [0.4, 0.5) is 13.2 Å². The second kappa shape index (κ2) is 8.33. The minimum absolute atomic E-state index is 0.0396. The Kier molecular flexibility index (Phi) is 5.83. The number of nitrogens with zero attached hydrogens (tertiary/aromatic N) is 4. The van der Waals surface area contributed by atoms with Crippen molar-refractivity contribution >= 4 is 17.0 Å². The van der Waals surface area contributed by atoms with Gasteiger partial charge in [0.25, 0.3) is 0 Å². The van der Waals surface area contributed by atoms with Crippen LogP contribution < -0.4 is 0 Å². The Morgan fingerprint density at radius 1 is 1.23 bits per heavy atom. The van der Waals surface area contributed by atoms with Crippen LogP contribution in [0.5, 0.6) is 0 Å². The van der Waals surface area contributed by atoms with Gasteiger partial charge >= 0.3 is 12.1 Å². The van der Waals surface area contributed by atoms with Gasteiger partial charge in [0.05, 0.1) is 24.2 Å². The summed E-state index contributed by atoms with van der Waals surface area (Å²) in [6.07, 6.45) is 2.07. The van der Waals surface area contributed by atoms with E-state index < -0.39 is 12.1 Å². The number of aromatic nitrogens is 5. The molecule has 0 aliphatic rings. The summed E-state index contributed by atoms with van der Waals surface area (Å²) >= 11 is 0. The van der Waals surface area contributed by atoms with Crippen LogP contribution in [0.3, 0.4) is 0 Å². The van der Waals surface area contributed by atoms with E-state index in [1.165, 1.54) is 0 Å². The summed E-state index contributed by atoms with van der Waals surface area (Å²) in [6.45, 7) is 2.04. The van der Waals surface area contributed by atoms with E-state index >= 15 is 0 Å². The largest absolute Gasteiger partial charge is 0.490 e. The summed E-state index contributed by atoms with van der Waals surface area (Å²) in [4.78, 5) is 20.6. The minimum Gasteiger partial charge on any atom is -0.475 e. The molecule has 4 aromatic rings. The molecule has 11 heteroatoms. The number of carboxylic acids is 1. The number of fused-ring (bicyclic) bond motifs is 1. The molecule has 30 heavy (non-hydrogen) atoms. The zero-order valence-corrected chi connectivity index (χ0v) is 15.6. The molecule has 0 radical (unpaired) electrons. The normalized spacial score (nSPS) is 11.2. The molecule has 0 spiro atoms. The van der Waals surface area contributed by atoms with Crippen molar-refractivity contribution in [1.29, 1.82) is 0 Å². The number of aromatic amines is 1. The Morgan fingerprint density at radius 3 is 2.60 bits per heavy atom. The lowest BCUT2D eigenvalue weighted by molar-refractivity contribution is -0.192. The summed E-state index contributed by atoms with van der Waals surface area (Å²) in [6, 6.07) is 7.79. The maximum atomic E-state index is 10.6. The average molecular weight is 419 g/mol. The van der Waals surface area contributed by atoms with Gasteiger partial charge in [-0.2, -0.15) is 18.3 Å². The number of alkyl halides is 3. The van der Waals surface area contributed by atoms with Gasteiger partial charge in [-0.05, 0) is 30.2 Å². The van der Waals surface area contributed by atoms with Crippen LogP contribution in [0.1, 0.15) is 11.1 Å². The molecule has 0 atom stereocenters. The highest BCUT2D eigenvalue weighted by molar-refractivity contribution is 5.90. The molecule has 4 rings (SSSR count). The number of aryl methyl sites for hydroxylation is 1. The molecule has 0 saturated heterocycles. The van der Waals surface area contributed by atoms with E-state index in [1.807, 2.05) is 48.3 Å². The van der Waals surface area contributed by atoms with Crippen LogP contribution in [0, 0.1) is 6.92 Å². The van der Waals surface area contributed by atoms with Gasteiger partial charge in [0.15, 0.2) is 0 Å². The number of carboxylic acid groups (broad SMARTS) is 1. The van der Waals surface area contributed by atoms with Gasteiger partial charge in [-0.3, -0.25) is 0 Å². The first-order chi connectivity index (χ1) is 14.2. The third kappa shape index (κ3) is 4.46. The van der Waals surface area contributed by atoms with Crippen LogP contribution in [-0.4, -0.2) is 47.1 Å². The number of carbonyl (C=O) groups is 1. The second-order valence-electron chi connectivity index (χ2n) is 6.22. The Labute approximate surface area is 167 Å². The minimum atomic E-state index is -5.08. The molecule has 156 valence electrons. The van der Waals surface area contributed by atoms with Crippen molar-refractivity contribution in [3.63, 3.8) is 0 Å². The highest BCUT2D eigenvalue weighted by Gasteiger charge is 2.38. The molecular formula is C19H16F3N5O3. The van der Waals surface area contributed by atoms with Crippen LogP contribution in [-0.2, 0) is 11.4 Å². The molecule has 0 unspecified atom stereocenters. The van der Waals surface area contributed by atoms with Crippen molar-refractivity contribution in [1.82, 2.24) is 24.7 Å². The van der Waals surface area contributed by atoms with E-state index in [0.29, 0.717) is 0 Å². The number of H-pyrrole nitrogens is 1. The standard InChI is InChI=1S/C17H15N5O.C2HF3O2/c1-11-6-12(9-23)2-3-15(11)22-8-13(7-21-22)16-14-4-5-18-17(14)20-10-19-16;3-2(4,5)1(6)7/h2-8,10,23H,9H2,1H3,(H,18,19,20);(H,6,7). The van der Waals surface area contributed by atoms with Crippen LogP contribution >= 0.6 is 0 Å². The molecular weight excluding hydrogens is 403 g/mol. The van der Waals surface area contributed by atoms with Gasteiger partial charge in [-0.1, -0.05) is 12.1 Å². The van der Waals surface area contributed by atoms with Crippen molar-refractivity contribution < 1.29 is 28.2 Å². The van der Waals surface area contributed by atoms with E-state index in [2.05, 4.69) is 20.1 Å². The molecule has 0 bridgehead atoms. The first-order valence-corrected chi connectivity index (χ1v) is 8.54. The summed E-state index contributed by atoms with van der Waals surface area (Å²) in [5, 5.41) is 21.8. The molecule has 3 N–H and O–H groups in total. The Bertz CT molecular complexity index is 1180. The van der Waals surface area contributed by atoms with Crippen molar-refractivity contribution in [2.75, 3.05) is 0 Å². The highest BCUT2D eigenvalue weighted by Crippen LogP contribution is 2.25. The van der Waals surface area contributed by atoms with Gasteiger partial charge < -0.3 is 15.2 Å². The van der Waals surface area contributed by atoms with Crippen LogP contribution in [0.25, 0.3) is 28.0 Å². The Hall–Kier alpha value is -3.73. The van der Waals surface area contributed by atoms with E-state index in [1.54, 1.807) is 12.5 Å².